The molecule has 0 aliphatic heterocycles. The van der Waals surface area contributed by atoms with E-state index < -0.39 is 0 Å². The van der Waals surface area contributed by atoms with Crippen molar-refractivity contribution in [3.63, 3.8) is 0 Å². The van der Waals surface area contributed by atoms with Crippen molar-refractivity contribution in [3.8, 4) is 22.8 Å². The molecule has 0 atom stereocenters. The van der Waals surface area contributed by atoms with Crippen LogP contribution >= 0.6 is 11.3 Å². The fourth-order valence-corrected chi connectivity index (χ4v) is 5.26. The van der Waals surface area contributed by atoms with Gasteiger partial charge >= 0.3 is 4.87 Å². The highest BCUT2D eigenvalue weighted by atomic mass is 32.1. The third-order valence-electron chi connectivity index (χ3n) is 6.36. The van der Waals surface area contributed by atoms with Crippen LogP contribution in [0.25, 0.3) is 21.9 Å². The number of amides is 1. The summed E-state index contributed by atoms with van der Waals surface area (Å²) < 4.78 is 5.63. The number of carbonyl (C=O) groups is 1. The summed E-state index contributed by atoms with van der Waals surface area (Å²) in [4.78, 5) is 29.2. The largest absolute Gasteiger partial charge is 0.495 e. The second kappa shape index (κ2) is 10.3. The number of thiazole rings is 1. The van der Waals surface area contributed by atoms with Crippen LogP contribution in [0.2, 0.25) is 0 Å². The molecule has 0 radical (unpaired) electrons. The van der Waals surface area contributed by atoms with E-state index in [4.69, 9.17) is 4.74 Å². The van der Waals surface area contributed by atoms with Gasteiger partial charge in [0.25, 0.3) is 5.91 Å². The monoisotopic (exact) mass is 510 g/mol. The number of rotatable bonds is 7. The molecular weight excluding hydrogens is 484 g/mol. The standard InChI is InChI=1S/C30H26N2O4S/c1-32(29(34)25-15-14-22-7-3-4-9-24(22)27(25)36-2)18-20-6-5-8-23(16-20)21-12-10-19(11-13-21)17-26-28(33)31-30(35)37-26/h3-16,33H,17-18H2,1-2H3,(H,31,35). The number of aromatic nitrogens is 1. The number of fused-ring (bicyclic) bond motifs is 1. The number of H-pyrrole nitrogens is 1. The molecule has 7 heteroatoms. The van der Waals surface area contributed by atoms with E-state index in [1.165, 1.54) is 0 Å². The minimum Gasteiger partial charge on any atom is -0.495 e. The van der Waals surface area contributed by atoms with Crippen LogP contribution in [-0.2, 0) is 13.0 Å². The Morgan fingerprint density at radius 3 is 2.46 bits per heavy atom. The van der Waals surface area contributed by atoms with Crippen molar-refractivity contribution in [2.45, 2.75) is 13.0 Å². The van der Waals surface area contributed by atoms with Crippen LogP contribution in [0.1, 0.15) is 26.4 Å². The predicted molar refractivity (Wildman–Crippen MR) is 148 cm³/mol. The molecule has 0 aliphatic rings. The van der Waals surface area contributed by atoms with Gasteiger partial charge in [-0.1, -0.05) is 84.1 Å². The number of methoxy groups -OCH3 is 1. The molecule has 6 nitrogen and oxygen atoms in total. The Bertz CT molecular complexity index is 1640. The number of aromatic amines is 1. The van der Waals surface area contributed by atoms with Crippen LogP contribution in [0.3, 0.4) is 0 Å². The van der Waals surface area contributed by atoms with Crippen molar-refractivity contribution in [2.75, 3.05) is 14.2 Å². The summed E-state index contributed by atoms with van der Waals surface area (Å²) in [5.74, 6) is 0.420. The van der Waals surface area contributed by atoms with Crippen molar-refractivity contribution >= 4 is 28.0 Å². The average Bonchev–Trinajstić information content (AvgIpc) is 3.24. The molecule has 1 heterocycles. The van der Waals surface area contributed by atoms with E-state index >= 15 is 0 Å². The van der Waals surface area contributed by atoms with E-state index in [1.807, 2.05) is 78.9 Å². The first-order chi connectivity index (χ1) is 17.9. The van der Waals surface area contributed by atoms with Gasteiger partial charge in [0.15, 0.2) is 0 Å². The lowest BCUT2D eigenvalue weighted by molar-refractivity contribution is 0.0782. The number of hydrogen-bond donors (Lipinski definition) is 2. The molecule has 1 aromatic heterocycles. The molecule has 0 fully saturated rings. The number of benzene rings is 4. The van der Waals surface area contributed by atoms with Crippen LogP contribution in [0, 0.1) is 0 Å². The second-order valence-electron chi connectivity index (χ2n) is 8.89. The van der Waals surface area contributed by atoms with Crippen LogP contribution in [0.15, 0.2) is 89.7 Å². The highest BCUT2D eigenvalue weighted by Gasteiger charge is 2.19. The van der Waals surface area contributed by atoms with Crippen molar-refractivity contribution < 1.29 is 14.6 Å². The zero-order valence-electron chi connectivity index (χ0n) is 20.5. The first-order valence-corrected chi connectivity index (χ1v) is 12.6. The molecular formula is C30H26N2O4S. The Labute approximate surface area is 218 Å². The Morgan fingerprint density at radius 2 is 1.73 bits per heavy atom. The smallest absolute Gasteiger partial charge is 0.307 e. The Hall–Kier alpha value is -4.36. The van der Waals surface area contributed by atoms with Crippen LogP contribution in [0.4, 0.5) is 0 Å². The molecule has 0 unspecified atom stereocenters. The summed E-state index contributed by atoms with van der Waals surface area (Å²) in [5.41, 5.74) is 4.64. The zero-order chi connectivity index (χ0) is 25.9. The van der Waals surface area contributed by atoms with Crippen molar-refractivity contribution in [1.29, 1.82) is 0 Å². The number of carbonyl (C=O) groups excluding carboxylic acids is 1. The normalized spacial score (nSPS) is 11.0. The van der Waals surface area contributed by atoms with Crippen LogP contribution in [-0.4, -0.2) is 35.1 Å². The van der Waals surface area contributed by atoms with E-state index in [-0.39, 0.29) is 16.7 Å². The molecule has 5 rings (SSSR count). The van der Waals surface area contributed by atoms with Gasteiger partial charge in [0.1, 0.15) is 5.75 Å². The lowest BCUT2D eigenvalue weighted by Crippen LogP contribution is -2.26. The number of ether oxygens (including phenoxy) is 1. The topological polar surface area (TPSA) is 82.6 Å². The average molecular weight is 511 g/mol. The lowest BCUT2D eigenvalue weighted by atomic mass is 10.0. The molecule has 5 aromatic rings. The highest BCUT2D eigenvalue weighted by molar-refractivity contribution is 7.09. The fourth-order valence-electron chi connectivity index (χ4n) is 4.50. The maximum Gasteiger partial charge on any atom is 0.307 e. The number of nitrogens with zero attached hydrogens (tertiary/aromatic N) is 1. The van der Waals surface area contributed by atoms with Crippen molar-refractivity contribution in [1.82, 2.24) is 9.88 Å². The molecule has 0 saturated heterocycles. The van der Waals surface area contributed by atoms with Gasteiger partial charge in [-0.25, -0.2) is 0 Å². The minimum absolute atomic E-state index is 0.0632. The van der Waals surface area contributed by atoms with Gasteiger partial charge in [0.2, 0.25) is 5.88 Å². The van der Waals surface area contributed by atoms with E-state index in [1.54, 1.807) is 19.1 Å². The Kier molecular flexibility index (Phi) is 6.79. The van der Waals surface area contributed by atoms with Gasteiger partial charge in [-0.3, -0.25) is 14.6 Å². The second-order valence-corrected chi connectivity index (χ2v) is 9.96. The Morgan fingerprint density at radius 1 is 0.946 bits per heavy atom. The first-order valence-electron chi connectivity index (χ1n) is 11.8. The lowest BCUT2D eigenvalue weighted by Gasteiger charge is -2.20. The molecule has 4 aromatic carbocycles. The molecule has 0 aliphatic carbocycles. The molecule has 37 heavy (non-hydrogen) atoms. The van der Waals surface area contributed by atoms with Gasteiger partial charge in [-0.2, -0.15) is 0 Å². The fraction of sp³-hybridized carbons (Fsp3) is 0.133. The maximum absolute atomic E-state index is 13.3. The summed E-state index contributed by atoms with van der Waals surface area (Å²) in [5, 5.41) is 11.8. The third kappa shape index (κ3) is 5.13. The predicted octanol–water partition coefficient (Wildman–Crippen LogP) is 5.83. The molecule has 0 saturated carbocycles. The van der Waals surface area contributed by atoms with Gasteiger partial charge in [0, 0.05) is 25.4 Å². The quantitative estimate of drug-likeness (QED) is 0.288. The van der Waals surface area contributed by atoms with Crippen LogP contribution in [0.5, 0.6) is 11.6 Å². The molecule has 2 N–H and O–H groups in total. The van der Waals surface area contributed by atoms with E-state index in [9.17, 15) is 14.7 Å². The van der Waals surface area contributed by atoms with Crippen molar-refractivity contribution in [3.05, 3.63) is 116 Å². The summed E-state index contributed by atoms with van der Waals surface area (Å²) in [6.07, 6.45) is 0.487. The van der Waals surface area contributed by atoms with Gasteiger partial charge in [0.05, 0.1) is 17.6 Å². The van der Waals surface area contributed by atoms with Gasteiger partial charge in [-0.15, -0.1) is 0 Å². The summed E-state index contributed by atoms with van der Waals surface area (Å²) in [6.45, 7) is 0.451. The van der Waals surface area contributed by atoms with Crippen LogP contribution < -0.4 is 9.61 Å². The van der Waals surface area contributed by atoms with Gasteiger partial charge in [-0.05, 0) is 39.8 Å². The first kappa shape index (κ1) is 24.3. The zero-order valence-corrected chi connectivity index (χ0v) is 21.3. The number of aromatic hydroxyl groups is 1. The van der Waals surface area contributed by atoms with Crippen molar-refractivity contribution in [2.24, 2.45) is 0 Å². The Balaban J connectivity index is 1.32. The summed E-state index contributed by atoms with van der Waals surface area (Å²) in [6, 6.07) is 27.8. The van der Waals surface area contributed by atoms with E-state index in [0.29, 0.717) is 29.2 Å². The van der Waals surface area contributed by atoms with E-state index in [2.05, 4.69) is 11.1 Å². The molecule has 1 amide bonds. The summed E-state index contributed by atoms with van der Waals surface area (Å²) >= 11 is 1.02. The summed E-state index contributed by atoms with van der Waals surface area (Å²) in [7, 11) is 3.39. The molecule has 0 spiro atoms. The third-order valence-corrected chi connectivity index (χ3v) is 7.23. The minimum atomic E-state index is -0.261. The number of nitrogens with one attached hydrogen (secondary N) is 1. The maximum atomic E-state index is 13.3. The van der Waals surface area contributed by atoms with E-state index in [0.717, 1.165) is 44.4 Å². The molecule has 186 valence electrons. The SMILES string of the molecule is COc1c(C(=O)N(C)Cc2cccc(-c3ccc(Cc4sc(=O)[nH]c4O)cc3)c2)ccc2ccccc12. The molecule has 0 bridgehead atoms. The number of hydrogen-bond acceptors (Lipinski definition) is 5. The van der Waals surface area contributed by atoms with Gasteiger partial charge < -0.3 is 14.7 Å². The highest BCUT2D eigenvalue weighted by Crippen LogP contribution is 2.31.